The molecule has 0 saturated heterocycles. The van der Waals surface area contributed by atoms with Crippen molar-refractivity contribution in [3.8, 4) is 0 Å². The van der Waals surface area contributed by atoms with Gasteiger partial charge in [-0.3, -0.25) is 0 Å². The Labute approximate surface area is 128 Å². The van der Waals surface area contributed by atoms with E-state index in [1.807, 2.05) is 11.3 Å². The summed E-state index contributed by atoms with van der Waals surface area (Å²) in [6, 6.07) is 6.51. The Hall–Kier alpha value is -0.380. The maximum Gasteiger partial charge on any atom is 0.0487 e. The van der Waals surface area contributed by atoms with Gasteiger partial charge in [0.2, 0.25) is 0 Å². The van der Waals surface area contributed by atoms with Crippen LogP contribution < -0.4 is 5.32 Å². The maximum absolute atomic E-state index is 3.63. The van der Waals surface area contributed by atoms with Gasteiger partial charge >= 0.3 is 0 Å². The van der Waals surface area contributed by atoms with E-state index in [-0.39, 0.29) is 0 Å². The van der Waals surface area contributed by atoms with E-state index in [9.17, 15) is 0 Å². The van der Waals surface area contributed by atoms with Gasteiger partial charge in [0.25, 0.3) is 0 Å². The van der Waals surface area contributed by atoms with Crippen molar-refractivity contribution in [2.75, 3.05) is 13.1 Å². The average Bonchev–Trinajstić information content (AvgIpc) is 2.83. The molecule has 0 atom stereocenters. The number of fused-ring (bicyclic) bond motifs is 1. The fourth-order valence-electron chi connectivity index (χ4n) is 2.31. The van der Waals surface area contributed by atoms with Gasteiger partial charge < -0.3 is 5.32 Å². The first-order valence-electron chi connectivity index (χ1n) is 7.18. The highest BCUT2D eigenvalue weighted by Gasteiger charge is 2.05. The van der Waals surface area contributed by atoms with Gasteiger partial charge in [-0.15, -0.1) is 11.3 Å². The smallest absolute Gasteiger partial charge is 0.0487 e. The van der Waals surface area contributed by atoms with Gasteiger partial charge in [-0.2, -0.15) is 0 Å². The lowest BCUT2D eigenvalue weighted by Gasteiger charge is -2.03. The van der Waals surface area contributed by atoms with Gasteiger partial charge in [0.1, 0.15) is 0 Å². The van der Waals surface area contributed by atoms with E-state index < -0.39 is 0 Å². The second-order valence-corrected chi connectivity index (χ2v) is 6.67. The van der Waals surface area contributed by atoms with Gasteiger partial charge in [0.15, 0.2) is 0 Å². The first-order valence-corrected chi connectivity index (χ1v) is 8.85. The number of halogens is 1. The van der Waals surface area contributed by atoms with E-state index in [1.54, 1.807) is 0 Å². The van der Waals surface area contributed by atoms with Crippen LogP contribution in [0.15, 0.2) is 28.1 Å². The van der Waals surface area contributed by atoms with Crippen molar-refractivity contribution in [3.63, 3.8) is 0 Å². The molecule has 0 aliphatic carbocycles. The number of rotatable bonds is 8. The van der Waals surface area contributed by atoms with Crippen molar-refractivity contribution in [1.82, 2.24) is 5.32 Å². The molecule has 2 rings (SSSR count). The predicted octanol–water partition coefficient (Wildman–Crippen LogP) is 5.38. The van der Waals surface area contributed by atoms with E-state index in [2.05, 4.69) is 51.7 Å². The number of hydrogen-bond acceptors (Lipinski definition) is 2. The van der Waals surface area contributed by atoms with Crippen LogP contribution in [0.25, 0.3) is 10.1 Å². The SMILES string of the molecule is CCCNCCCCCc1csc2c(Br)cccc12. The van der Waals surface area contributed by atoms with Gasteiger partial charge in [-0.25, -0.2) is 0 Å². The highest BCUT2D eigenvalue weighted by molar-refractivity contribution is 9.10. The summed E-state index contributed by atoms with van der Waals surface area (Å²) in [6.45, 7) is 4.54. The lowest BCUT2D eigenvalue weighted by atomic mass is 10.1. The van der Waals surface area contributed by atoms with Crippen LogP contribution in [0.4, 0.5) is 0 Å². The minimum atomic E-state index is 1.16. The third-order valence-corrected chi connectivity index (χ3v) is 5.36. The van der Waals surface area contributed by atoms with Crippen LogP contribution in [-0.2, 0) is 6.42 Å². The zero-order valence-corrected chi connectivity index (χ0v) is 13.9. The van der Waals surface area contributed by atoms with Crippen molar-refractivity contribution in [2.24, 2.45) is 0 Å². The monoisotopic (exact) mass is 339 g/mol. The Kier molecular flexibility index (Phi) is 6.35. The molecule has 0 fully saturated rings. The fourth-order valence-corrected chi connectivity index (χ4v) is 3.97. The maximum atomic E-state index is 3.63. The fraction of sp³-hybridized carbons (Fsp3) is 0.500. The Morgan fingerprint density at radius 1 is 1.16 bits per heavy atom. The molecule has 0 unspecified atom stereocenters. The third-order valence-electron chi connectivity index (χ3n) is 3.36. The van der Waals surface area contributed by atoms with Crippen LogP contribution in [0, 0.1) is 0 Å². The Morgan fingerprint density at radius 2 is 2.05 bits per heavy atom. The summed E-state index contributed by atoms with van der Waals surface area (Å²) >= 11 is 5.49. The summed E-state index contributed by atoms with van der Waals surface area (Å²) in [4.78, 5) is 0. The second-order valence-electron chi connectivity index (χ2n) is 4.94. The molecular weight excluding hydrogens is 318 g/mol. The van der Waals surface area contributed by atoms with Gasteiger partial charge in [0.05, 0.1) is 0 Å². The molecule has 1 aromatic heterocycles. The highest BCUT2D eigenvalue weighted by Crippen LogP contribution is 2.32. The molecule has 0 spiro atoms. The molecule has 0 saturated carbocycles. The van der Waals surface area contributed by atoms with Crippen LogP contribution in [0.2, 0.25) is 0 Å². The van der Waals surface area contributed by atoms with Crippen molar-refractivity contribution in [2.45, 2.75) is 39.0 Å². The first kappa shape index (κ1) is 15.0. The largest absolute Gasteiger partial charge is 0.317 e. The zero-order chi connectivity index (χ0) is 13.5. The molecule has 0 bridgehead atoms. The molecule has 0 aliphatic rings. The van der Waals surface area contributed by atoms with Crippen LogP contribution in [-0.4, -0.2) is 13.1 Å². The molecule has 1 aromatic carbocycles. The van der Waals surface area contributed by atoms with Gasteiger partial charge in [-0.05, 0) is 77.1 Å². The standard InChI is InChI=1S/C16H22BrNS/c1-2-10-18-11-5-3-4-7-13-12-19-16-14(13)8-6-9-15(16)17/h6,8-9,12,18H,2-5,7,10-11H2,1H3. The summed E-state index contributed by atoms with van der Waals surface area (Å²) in [5, 5.41) is 7.22. The Morgan fingerprint density at radius 3 is 2.89 bits per heavy atom. The summed E-state index contributed by atoms with van der Waals surface area (Å²) in [7, 11) is 0. The predicted molar refractivity (Wildman–Crippen MR) is 90.2 cm³/mol. The Balaban J connectivity index is 1.77. The molecule has 104 valence electrons. The van der Waals surface area contributed by atoms with E-state index in [0.717, 1.165) is 6.54 Å². The minimum Gasteiger partial charge on any atom is -0.317 e. The molecular formula is C16H22BrNS. The van der Waals surface area contributed by atoms with E-state index in [1.165, 1.54) is 58.8 Å². The molecule has 19 heavy (non-hydrogen) atoms. The number of unbranched alkanes of at least 4 members (excludes halogenated alkanes) is 2. The van der Waals surface area contributed by atoms with Crippen LogP contribution in [0.3, 0.4) is 0 Å². The molecule has 1 N–H and O–H groups in total. The number of nitrogens with one attached hydrogen (secondary N) is 1. The average molecular weight is 340 g/mol. The van der Waals surface area contributed by atoms with Crippen molar-refractivity contribution in [1.29, 1.82) is 0 Å². The molecule has 0 radical (unpaired) electrons. The second kappa shape index (κ2) is 8.03. The number of aryl methyl sites for hydroxylation is 1. The van der Waals surface area contributed by atoms with E-state index in [0.29, 0.717) is 0 Å². The number of benzene rings is 1. The van der Waals surface area contributed by atoms with E-state index >= 15 is 0 Å². The molecule has 1 heterocycles. The summed E-state index contributed by atoms with van der Waals surface area (Å²) in [5.41, 5.74) is 1.52. The lowest BCUT2D eigenvalue weighted by molar-refractivity contribution is 0.599. The topological polar surface area (TPSA) is 12.0 Å². The van der Waals surface area contributed by atoms with Crippen LogP contribution >= 0.6 is 27.3 Å². The first-order chi connectivity index (χ1) is 9.33. The van der Waals surface area contributed by atoms with Crippen molar-refractivity contribution < 1.29 is 0 Å². The van der Waals surface area contributed by atoms with Crippen LogP contribution in [0.5, 0.6) is 0 Å². The number of hydrogen-bond donors (Lipinski definition) is 1. The van der Waals surface area contributed by atoms with Crippen molar-refractivity contribution >= 4 is 37.4 Å². The molecule has 3 heteroatoms. The minimum absolute atomic E-state index is 1.16. The lowest BCUT2D eigenvalue weighted by Crippen LogP contribution is -2.15. The quantitative estimate of drug-likeness (QED) is 0.637. The number of thiophene rings is 1. The summed E-state index contributed by atoms with van der Waals surface area (Å²) < 4.78 is 2.62. The Bertz CT molecular complexity index is 506. The third kappa shape index (κ3) is 4.30. The molecule has 0 aliphatic heterocycles. The zero-order valence-electron chi connectivity index (χ0n) is 11.5. The summed E-state index contributed by atoms with van der Waals surface area (Å²) in [6.07, 6.45) is 6.36. The van der Waals surface area contributed by atoms with Crippen molar-refractivity contribution in [3.05, 3.63) is 33.6 Å². The summed E-state index contributed by atoms with van der Waals surface area (Å²) in [5.74, 6) is 0. The molecule has 0 amide bonds. The van der Waals surface area contributed by atoms with Crippen LogP contribution in [0.1, 0.15) is 38.2 Å². The van der Waals surface area contributed by atoms with E-state index in [4.69, 9.17) is 0 Å². The van der Waals surface area contributed by atoms with Gasteiger partial charge in [0, 0.05) is 9.17 Å². The van der Waals surface area contributed by atoms with Gasteiger partial charge in [-0.1, -0.05) is 25.5 Å². The molecule has 2 aromatic rings. The highest BCUT2D eigenvalue weighted by atomic mass is 79.9. The molecule has 1 nitrogen and oxygen atoms in total. The normalized spacial score (nSPS) is 11.3.